The topological polar surface area (TPSA) is 42.3 Å². The smallest absolute Gasteiger partial charge is 0.170 e. The zero-order valence-electron chi connectivity index (χ0n) is 16.4. The highest BCUT2D eigenvalue weighted by atomic mass is 79.9. The van der Waals surface area contributed by atoms with Gasteiger partial charge in [-0.15, -0.1) is 0 Å². The Bertz CT molecular complexity index is 1030. The lowest BCUT2D eigenvalue weighted by atomic mass is 10.0. The van der Waals surface area contributed by atoms with E-state index in [9.17, 15) is 0 Å². The van der Waals surface area contributed by atoms with Gasteiger partial charge in [0.25, 0.3) is 0 Å². The highest BCUT2D eigenvalue weighted by molar-refractivity contribution is 9.10. The van der Waals surface area contributed by atoms with E-state index in [1.54, 1.807) is 0 Å². The third-order valence-corrected chi connectivity index (χ3v) is 6.64. The van der Waals surface area contributed by atoms with E-state index in [2.05, 4.69) is 78.3 Å². The summed E-state index contributed by atoms with van der Waals surface area (Å²) in [5, 5.41) is 4.30. The van der Waals surface area contributed by atoms with Gasteiger partial charge in [0.1, 0.15) is 0 Å². The average Bonchev–Trinajstić information content (AvgIpc) is 3.50. The number of ether oxygens (including phenoxy) is 1. The van der Waals surface area contributed by atoms with Crippen LogP contribution in [0.15, 0.2) is 71.5 Å². The van der Waals surface area contributed by atoms with Gasteiger partial charge in [0, 0.05) is 41.4 Å². The Morgan fingerprint density at radius 3 is 2.87 bits per heavy atom. The first kappa shape index (κ1) is 19.7. The monoisotopic (exact) mass is 482 g/mol. The summed E-state index contributed by atoms with van der Waals surface area (Å²) < 4.78 is 9.24. The predicted octanol–water partition coefficient (Wildman–Crippen LogP) is 4.79. The Labute approximate surface area is 190 Å². The molecule has 0 aliphatic carbocycles. The number of nitrogens with zero attached hydrogens (tertiary/aromatic N) is 3. The third-order valence-electron chi connectivity index (χ3n) is 5.79. The molecule has 2 aromatic heterocycles. The number of halogens is 1. The van der Waals surface area contributed by atoms with Gasteiger partial charge in [-0.25, -0.2) is 0 Å². The van der Waals surface area contributed by atoms with Crippen molar-refractivity contribution in [2.45, 2.75) is 31.0 Å². The maximum atomic E-state index is 5.94. The standard InChI is InChI=1S/C23H23BrN4OS/c24-16-6-3-7-17(14-16)27-12-4-10-20(27)22-21(19-9-1-2-11-25-19)26-23(30)28(22)15-18-8-5-13-29-18/h1-4,6-7,9-12,14,18,21-22H,5,8,13,15H2,(H,26,30)/t18-,21-,22+/m1/s1. The van der Waals surface area contributed by atoms with Crippen molar-refractivity contribution in [2.24, 2.45) is 0 Å². The first-order valence-electron chi connectivity index (χ1n) is 10.2. The van der Waals surface area contributed by atoms with Crippen molar-refractivity contribution in [3.63, 3.8) is 0 Å². The summed E-state index contributed by atoms with van der Waals surface area (Å²) in [6.07, 6.45) is 6.35. The summed E-state index contributed by atoms with van der Waals surface area (Å²) in [5.41, 5.74) is 3.27. The van der Waals surface area contributed by atoms with Crippen LogP contribution in [0.1, 0.15) is 36.3 Å². The van der Waals surface area contributed by atoms with Crippen LogP contribution in [0.3, 0.4) is 0 Å². The first-order valence-corrected chi connectivity index (χ1v) is 11.4. The van der Waals surface area contributed by atoms with Crippen LogP contribution < -0.4 is 5.32 Å². The van der Waals surface area contributed by atoms with E-state index in [4.69, 9.17) is 17.0 Å². The lowest BCUT2D eigenvalue weighted by molar-refractivity contribution is 0.0836. The Morgan fingerprint density at radius 2 is 2.10 bits per heavy atom. The van der Waals surface area contributed by atoms with Crippen LogP contribution in [-0.4, -0.2) is 38.8 Å². The summed E-state index contributed by atoms with van der Waals surface area (Å²) in [5.74, 6) is 0. The van der Waals surface area contributed by atoms with E-state index < -0.39 is 0 Å². The zero-order valence-corrected chi connectivity index (χ0v) is 18.8. The maximum absolute atomic E-state index is 5.94. The van der Waals surface area contributed by atoms with Crippen LogP contribution in [0.25, 0.3) is 5.69 Å². The molecule has 1 aromatic carbocycles. The molecule has 7 heteroatoms. The molecule has 0 saturated carbocycles. The molecule has 3 aromatic rings. The van der Waals surface area contributed by atoms with Crippen molar-refractivity contribution >= 4 is 33.3 Å². The van der Waals surface area contributed by atoms with Crippen molar-refractivity contribution in [1.29, 1.82) is 0 Å². The van der Waals surface area contributed by atoms with Gasteiger partial charge >= 0.3 is 0 Å². The SMILES string of the molecule is S=C1N[C@H](c2ccccn2)[C@H](c2cccn2-c2cccc(Br)c2)N1C[C@H]1CCCO1. The lowest BCUT2D eigenvalue weighted by Crippen LogP contribution is -2.36. The van der Waals surface area contributed by atoms with E-state index in [1.165, 1.54) is 5.69 Å². The minimum Gasteiger partial charge on any atom is -0.376 e. The van der Waals surface area contributed by atoms with Crippen molar-refractivity contribution < 1.29 is 4.74 Å². The number of aromatic nitrogens is 2. The molecule has 30 heavy (non-hydrogen) atoms. The molecule has 0 amide bonds. The van der Waals surface area contributed by atoms with Crippen molar-refractivity contribution in [1.82, 2.24) is 19.8 Å². The molecule has 2 aliphatic heterocycles. The number of pyridine rings is 1. The van der Waals surface area contributed by atoms with Crippen molar-refractivity contribution in [3.8, 4) is 5.69 Å². The van der Waals surface area contributed by atoms with E-state index in [0.717, 1.165) is 47.0 Å². The van der Waals surface area contributed by atoms with Crippen LogP contribution in [0, 0.1) is 0 Å². The molecule has 0 unspecified atom stereocenters. The van der Waals surface area contributed by atoms with Crippen LogP contribution in [0.4, 0.5) is 0 Å². The Hall–Kier alpha value is -2.22. The van der Waals surface area contributed by atoms with Crippen molar-refractivity contribution in [3.05, 3.63) is 82.9 Å². The van der Waals surface area contributed by atoms with Gasteiger partial charge in [-0.2, -0.15) is 0 Å². The summed E-state index contributed by atoms with van der Waals surface area (Å²) in [7, 11) is 0. The van der Waals surface area contributed by atoms with Crippen LogP contribution in [-0.2, 0) is 4.74 Å². The maximum Gasteiger partial charge on any atom is 0.170 e. The Balaban J connectivity index is 1.57. The van der Waals surface area contributed by atoms with Gasteiger partial charge in [0.15, 0.2) is 5.11 Å². The fourth-order valence-electron chi connectivity index (χ4n) is 4.43. The van der Waals surface area contributed by atoms with Gasteiger partial charge < -0.3 is 19.5 Å². The molecule has 2 aliphatic rings. The van der Waals surface area contributed by atoms with E-state index in [0.29, 0.717) is 0 Å². The number of nitrogens with one attached hydrogen (secondary N) is 1. The molecule has 1 N–H and O–H groups in total. The number of hydrogen-bond donors (Lipinski definition) is 1. The van der Waals surface area contributed by atoms with Gasteiger partial charge in [0.05, 0.1) is 23.9 Å². The molecular weight excluding hydrogens is 460 g/mol. The van der Waals surface area contributed by atoms with Gasteiger partial charge in [-0.05, 0) is 67.5 Å². The van der Waals surface area contributed by atoms with Crippen LogP contribution in [0.5, 0.6) is 0 Å². The normalized spacial score (nSPS) is 23.7. The van der Waals surface area contributed by atoms with E-state index in [-0.39, 0.29) is 18.2 Å². The number of rotatable bonds is 5. The first-order chi connectivity index (χ1) is 14.7. The summed E-state index contributed by atoms with van der Waals surface area (Å²) in [4.78, 5) is 6.93. The molecule has 2 fully saturated rings. The second-order valence-electron chi connectivity index (χ2n) is 7.70. The number of thiocarbonyl (C=S) groups is 1. The fraction of sp³-hybridized carbons (Fsp3) is 0.304. The Kier molecular flexibility index (Phi) is 5.58. The molecule has 5 nitrogen and oxygen atoms in total. The second-order valence-corrected chi connectivity index (χ2v) is 9.00. The van der Waals surface area contributed by atoms with Crippen LogP contribution >= 0.6 is 28.1 Å². The fourth-order valence-corrected chi connectivity index (χ4v) is 5.13. The van der Waals surface area contributed by atoms with E-state index in [1.807, 2.05) is 24.4 Å². The molecule has 4 heterocycles. The third kappa shape index (κ3) is 3.77. The molecule has 2 saturated heterocycles. The summed E-state index contributed by atoms with van der Waals surface area (Å²) in [6.45, 7) is 1.62. The largest absolute Gasteiger partial charge is 0.376 e. The Morgan fingerprint density at radius 1 is 1.17 bits per heavy atom. The summed E-state index contributed by atoms with van der Waals surface area (Å²) in [6, 6.07) is 18.7. The van der Waals surface area contributed by atoms with Gasteiger partial charge in [-0.3, -0.25) is 4.98 Å². The minimum absolute atomic E-state index is 0.0191. The van der Waals surface area contributed by atoms with Gasteiger partial charge in [-0.1, -0.05) is 28.1 Å². The number of hydrogen-bond acceptors (Lipinski definition) is 3. The summed E-state index contributed by atoms with van der Waals surface area (Å²) >= 11 is 9.40. The molecule has 0 spiro atoms. The zero-order chi connectivity index (χ0) is 20.5. The highest BCUT2D eigenvalue weighted by Gasteiger charge is 2.42. The second kappa shape index (κ2) is 8.49. The molecular formula is C23H23BrN4OS. The molecule has 3 atom stereocenters. The average molecular weight is 483 g/mol. The minimum atomic E-state index is -0.0269. The number of benzene rings is 1. The predicted molar refractivity (Wildman–Crippen MR) is 125 cm³/mol. The highest BCUT2D eigenvalue weighted by Crippen LogP contribution is 2.40. The molecule has 0 radical (unpaired) electrons. The molecule has 154 valence electrons. The van der Waals surface area contributed by atoms with Gasteiger partial charge in [0.2, 0.25) is 0 Å². The quantitative estimate of drug-likeness (QED) is 0.529. The lowest BCUT2D eigenvalue weighted by Gasteiger charge is -2.30. The van der Waals surface area contributed by atoms with Crippen LogP contribution in [0.2, 0.25) is 0 Å². The molecule has 5 rings (SSSR count). The molecule has 0 bridgehead atoms. The van der Waals surface area contributed by atoms with Crippen molar-refractivity contribution in [2.75, 3.05) is 13.2 Å². The van der Waals surface area contributed by atoms with E-state index >= 15 is 0 Å².